The van der Waals surface area contributed by atoms with E-state index in [-0.39, 0.29) is 6.42 Å². The number of rotatable bonds is 4. The molecule has 0 radical (unpaired) electrons. The Hall–Kier alpha value is -1.44. The smallest absolute Gasteiger partial charge is 0.309 e. The minimum atomic E-state index is -4.39. The largest absolute Gasteiger partial charge is 0.442 e. The number of carbonyl (C=O) groups is 1. The van der Waals surface area contributed by atoms with E-state index in [1.54, 1.807) is 0 Å². The Balaban J connectivity index is 2.02. The molecule has 98 valence electrons. The Morgan fingerprint density at radius 2 is 2.00 bits per heavy atom. The average Bonchev–Trinajstić information content (AvgIpc) is 2.69. The van der Waals surface area contributed by atoms with Crippen LogP contribution in [-0.2, 0) is 26.2 Å². The first kappa shape index (κ1) is 13.0. The standard InChI is InChI=1S/C11H13NO5S/c13-10-6-9(11(17-10)18(14,15)16)12-7-8-4-2-1-3-5-8/h1-5,9,11-12H,6-7H2,(H,14,15,16). The van der Waals surface area contributed by atoms with Crippen LogP contribution in [0.25, 0.3) is 0 Å². The Labute approximate surface area is 105 Å². The Morgan fingerprint density at radius 1 is 1.33 bits per heavy atom. The van der Waals surface area contributed by atoms with Crippen LogP contribution in [0, 0.1) is 0 Å². The van der Waals surface area contributed by atoms with Crippen LogP contribution in [0.15, 0.2) is 30.3 Å². The molecule has 0 aliphatic carbocycles. The third kappa shape index (κ3) is 3.06. The highest BCUT2D eigenvalue weighted by Gasteiger charge is 2.42. The molecular weight excluding hydrogens is 258 g/mol. The van der Waals surface area contributed by atoms with Crippen molar-refractivity contribution >= 4 is 16.1 Å². The average molecular weight is 271 g/mol. The number of hydrogen-bond donors (Lipinski definition) is 2. The zero-order valence-corrected chi connectivity index (χ0v) is 10.3. The summed E-state index contributed by atoms with van der Waals surface area (Å²) in [6.07, 6.45) is -0.0721. The number of carbonyl (C=O) groups excluding carboxylic acids is 1. The van der Waals surface area contributed by atoms with E-state index in [0.29, 0.717) is 6.54 Å². The van der Waals surface area contributed by atoms with Gasteiger partial charge in [0.1, 0.15) is 0 Å². The van der Waals surface area contributed by atoms with Crippen LogP contribution >= 0.6 is 0 Å². The number of ether oxygens (including phenoxy) is 1. The molecule has 2 unspecified atom stereocenters. The molecule has 0 bridgehead atoms. The summed E-state index contributed by atoms with van der Waals surface area (Å²) in [6.45, 7) is 0.397. The molecule has 1 fully saturated rings. The lowest BCUT2D eigenvalue weighted by Crippen LogP contribution is -2.40. The molecule has 1 aliphatic rings. The van der Waals surface area contributed by atoms with Crippen LogP contribution in [0.4, 0.5) is 0 Å². The van der Waals surface area contributed by atoms with Gasteiger partial charge in [-0.05, 0) is 5.56 Å². The van der Waals surface area contributed by atoms with Crippen molar-refractivity contribution < 1.29 is 22.5 Å². The molecule has 1 heterocycles. The van der Waals surface area contributed by atoms with E-state index in [2.05, 4.69) is 10.1 Å². The van der Waals surface area contributed by atoms with Gasteiger partial charge in [-0.2, -0.15) is 8.42 Å². The lowest BCUT2D eigenvalue weighted by molar-refractivity contribution is -0.139. The van der Waals surface area contributed by atoms with Crippen molar-refractivity contribution in [3.05, 3.63) is 35.9 Å². The Kier molecular flexibility index (Phi) is 3.65. The van der Waals surface area contributed by atoms with E-state index in [9.17, 15) is 13.2 Å². The minimum Gasteiger partial charge on any atom is -0.442 e. The molecule has 18 heavy (non-hydrogen) atoms. The fraction of sp³-hybridized carbons (Fsp3) is 0.364. The highest BCUT2D eigenvalue weighted by molar-refractivity contribution is 7.86. The van der Waals surface area contributed by atoms with Crippen LogP contribution in [0.5, 0.6) is 0 Å². The number of benzene rings is 1. The van der Waals surface area contributed by atoms with Gasteiger partial charge in [0.15, 0.2) is 0 Å². The van der Waals surface area contributed by atoms with Crippen molar-refractivity contribution in [1.82, 2.24) is 5.32 Å². The van der Waals surface area contributed by atoms with Gasteiger partial charge in [-0.3, -0.25) is 9.35 Å². The molecule has 0 saturated carbocycles. The van der Waals surface area contributed by atoms with Gasteiger partial charge in [-0.1, -0.05) is 30.3 Å². The maximum Gasteiger partial charge on any atom is 0.309 e. The fourth-order valence-electron chi connectivity index (χ4n) is 1.82. The highest BCUT2D eigenvalue weighted by atomic mass is 32.2. The Bertz CT molecular complexity index is 528. The topological polar surface area (TPSA) is 92.7 Å². The summed E-state index contributed by atoms with van der Waals surface area (Å²) < 4.78 is 35.6. The van der Waals surface area contributed by atoms with Crippen LogP contribution < -0.4 is 5.32 Å². The SMILES string of the molecule is O=C1CC(NCc2ccccc2)C(S(=O)(=O)O)O1. The number of hydrogen-bond acceptors (Lipinski definition) is 5. The van der Waals surface area contributed by atoms with Crippen molar-refractivity contribution in [2.45, 2.75) is 24.4 Å². The monoisotopic (exact) mass is 271 g/mol. The maximum atomic E-state index is 11.1. The summed E-state index contributed by atoms with van der Waals surface area (Å²) in [5.74, 6) is -0.636. The van der Waals surface area contributed by atoms with E-state index in [4.69, 9.17) is 4.55 Å². The van der Waals surface area contributed by atoms with Crippen LogP contribution in [-0.4, -0.2) is 30.4 Å². The van der Waals surface area contributed by atoms with Crippen LogP contribution in [0.3, 0.4) is 0 Å². The summed E-state index contributed by atoms with van der Waals surface area (Å²) in [4.78, 5) is 11.1. The normalized spacial score (nSPS) is 23.9. The third-order valence-electron chi connectivity index (χ3n) is 2.67. The summed E-state index contributed by atoms with van der Waals surface area (Å²) in [7, 11) is -4.39. The predicted molar refractivity (Wildman–Crippen MR) is 63.1 cm³/mol. The van der Waals surface area contributed by atoms with Gasteiger partial charge in [0.05, 0.1) is 12.5 Å². The van der Waals surface area contributed by atoms with Gasteiger partial charge in [0.2, 0.25) is 5.44 Å². The molecule has 1 aliphatic heterocycles. The lowest BCUT2D eigenvalue weighted by Gasteiger charge is -2.16. The molecule has 0 spiro atoms. The van der Waals surface area contributed by atoms with E-state index < -0.39 is 27.6 Å². The number of cyclic esters (lactones) is 1. The summed E-state index contributed by atoms with van der Waals surface area (Å²) >= 11 is 0. The molecule has 7 heteroatoms. The molecule has 0 aromatic heterocycles. The first-order valence-corrected chi connectivity index (χ1v) is 6.90. The molecule has 1 aromatic rings. The van der Waals surface area contributed by atoms with Crippen molar-refractivity contribution in [2.75, 3.05) is 0 Å². The van der Waals surface area contributed by atoms with Gasteiger partial charge in [-0.15, -0.1) is 0 Å². The zero-order chi connectivity index (χ0) is 13.2. The van der Waals surface area contributed by atoms with Gasteiger partial charge >= 0.3 is 16.1 Å². The van der Waals surface area contributed by atoms with Gasteiger partial charge in [0, 0.05) is 6.54 Å². The zero-order valence-electron chi connectivity index (χ0n) is 9.44. The molecule has 6 nitrogen and oxygen atoms in total. The molecule has 1 saturated heterocycles. The van der Waals surface area contributed by atoms with E-state index in [1.807, 2.05) is 30.3 Å². The lowest BCUT2D eigenvalue weighted by atomic mass is 10.2. The summed E-state index contributed by atoms with van der Waals surface area (Å²) in [5.41, 5.74) is -0.570. The van der Waals surface area contributed by atoms with Crippen LogP contribution in [0.1, 0.15) is 12.0 Å². The first-order valence-electron chi connectivity index (χ1n) is 5.40. The van der Waals surface area contributed by atoms with E-state index in [0.717, 1.165) is 5.56 Å². The highest BCUT2D eigenvalue weighted by Crippen LogP contribution is 2.19. The molecule has 1 aromatic carbocycles. The summed E-state index contributed by atoms with van der Waals surface area (Å²) in [6, 6.07) is 8.58. The summed E-state index contributed by atoms with van der Waals surface area (Å²) in [5, 5.41) is 2.90. The number of esters is 1. The fourth-order valence-corrected chi connectivity index (χ4v) is 2.65. The minimum absolute atomic E-state index is 0.0721. The van der Waals surface area contributed by atoms with Gasteiger partial charge in [-0.25, -0.2) is 0 Å². The second-order valence-electron chi connectivity index (χ2n) is 4.05. The van der Waals surface area contributed by atoms with Gasteiger partial charge < -0.3 is 10.1 Å². The van der Waals surface area contributed by atoms with Crippen molar-refractivity contribution in [1.29, 1.82) is 0 Å². The molecule has 2 N–H and O–H groups in total. The second kappa shape index (κ2) is 5.05. The molecular formula is C11H13NO5S. The van der Waals surface area contributed by atoms with Crippen molar-refractivity contribution in [3.63, 3.8) is 0 Å². The molecule has 2 rings (SSSR count). The maximum absolute atomic E-state index is 11.1. The van der Waals surface area contributed by atoms with E-state index >= 15 is 0 Å². The number of nitrogens with one attached hydrogen (secondary N) is 1. The van der Waals surface area contributed by atoms with E-state index in [1.165, 1.54) is 0 Å². The van der Waals surface area contributed by atoms with Crippen molar-refractivity contribution in [3.8, 4) is 0 Å². The Morgan fingerprint density at radius 3 is 2.61 bits per heavy atom. The molecule has 2 atom stereocenters. The second-order valence-corrected chi connectivity index (χ2v) is 5.54. The first-order chi connectivity index (χ1) is 8.47. The quantitative estimate of drug-likeness (QED) is 0.604. The van der Waals surface area contributed by atoms with Gasteiger partial charge in [0.25, 0.3) is 0 Å². The third-order valence-corrected chi connectivity index (χ3v) is 3.68. The van der Waals surface area contributed by atoms with Crippen LogP contribution in [0.2, 0.25) is 0 Å². The molecule has 0 amide bonds. The van der Waals surface area contributed by atoms with Crippen molar-refractivity contribution in [2.24, 2.45) is 0 Å². The predicted octanol–water partition coefficient (Wildman–Crippen LogP) is 0.306.